The van der Waals surface area contributed by atoms with E-state index < -0.39 is 21.9 Å². The second-order valence-corrected chi connectivity index (χ2v) is 9.95. The number of nitrogens with one attached hydrogen (secondary N) is 1. The van der Waals surface area contributed by atoms with Crippen LogP contribution in [0.5, 0.6) is 0 Å². The highest BCUT2D eigenvalue weighted by atomic mass is 32.2. The smallest absolute Gasteiger partial charge is 0.337 e. The molecule has 0 radical (unpaired) electrons. The standard InChI is InChI=1S/C26H27N3O5S/c1-18-5-14-24(15-19(18)2)29(35(4,32)33)17-21-8-10-22(11-9-21)25(30)28-27-16-20-6-12-23(13-7-20)26(31)34-3/h5-16H,17H2,1-4H3,(H,28,30)/b27-16+. The predicted octanol–water partition coefficient (Wildman–Crippen LogP) is 3.82. The number of anilines is 1. The van der Waals surface area contributed by atoms with Crippen LogP contribution in [0, 0.1) is 13.8 Å². The third kappa shape index (κ3) is 6.77. The van der Waals surface area contributed by atoms with Gasteiger partial charge in [0, 0.05) is 5.56 Å². The van der Waals surface area contributed by atoms with Gasteiger partial charge in [0.15, 0.2) is 0 Å². The molecule has 3 aromatic carbocycles. The van der Waals surface area contributed by atoms with Gasteiger partial charge in [-0.05, 0) is 72.5 Å². The van der Waals surface area contributed by atoms with Crippen molar-refractivity contribution in [1.29, 1.82) is 0 Å². The van der Waals surface area contributed by atoms with E-state index in [-0.39, 0.29) is 6.54 Å². The fourth-order valence-corrected chi connectivity index (χ4v) is 4.14. The Balaban J connectivity index is 1.66. The van der Waals surface area contributed by atoms with E-state index >= 15 is 0 Å². The summed E-state index contributed by atoms with van der Waals surface area (Å²) in [6.45, 7) is 4.05. The van der Waals surface area contributed by atoms with Gasteiger partial charge in [-0.2, -0.15) is 5.10 Å². The zero-order valence-electron chi connectivity index (χ0n) is 20.0. The van der Waals surface area contributed by atoms with Gasteiger partial charge in [0.2, 0.25) is 10.0 Å². The van der Waals surface area contributed by atoms with Crippen molar-refractivity contribution < 1.29 is 22.7 Å². The van der Waals surface area contributed by atoms with Crippen LogP contribution in [0.15, 0.2) is 71.8 Å². The number of hydrogen-bond donors (Lipinski definition) is 1. The number of amides is 1. The molecule has 3 rings (SSSR count). The van der Waals surface area contributed by atoms with Crippen LogP contribution >= 0.6 is 0 Å². The zero-order chi connectivity index (χ0) is 25.6. The van der Waals surface area contributed by atoms with Gasteiger partial charge in [-0.3, -0.25) is 9.10 Å². The second-order valence-electron chi connectivity index (χ2n) is 8.05. The average molecular weight is 494 g/mol. The van der Waals surface area contributed by atoms with Crippen LogP contribution in [0.3, 0.4) is 0 Å². The lowest BCUT2D eigenvalue weighted by molar-refractivity contribution is 0.0600. The number of methoxy groups -OCH3 is 1. The van der Waals surface area contributed by atoms with Crippen molar-refractivity contribution in [1.82, 2.24) is 5.43 Å². The molecule has 0 aliphatic rings. The van der Waals surface area contributed by atoms with Crippen molar-refractivity contribution in [3.8, 4) is 0 Å². The number of benzene rings is 3. The van der Waals surface area contributed by atoms with E-state index in [4.69, 9.17) is 0 Å². The van der Waals surface area contributed by atoms with E-state index in [0.717, 1.165) is 16.7 Å². The largest absolute Gasteiger partial charge is 0.465 e. The van der Waals surface area contributed by atoms with Crippen LogP contribution in [0.2, 0.25) is 0 Å². The molecule has 0 atom stereocenters. The number of rotatable bonds is 8. The molecule has 0 aliphatic heterocycles. The molecule has 35 heavy (non-hydrogen) atoms. The van der Waals surface area contributed by atoms with Gasteiger partial charge in [0.05, 0.1) is 37.4 Å². The van der Waals surface area contributed by atoms with Gasteiger partial charge in [0.25, 0.3) is 5.91 Å². The first-order chi connectivity index (χ1) is 16.6. The minimum Gasteiger partial charge on any atom is -0.465 e. The number of carbonyl (C=O) groups excluding carboxylic acids is 2. The van der Waals surface area contributed by atoms with Gasteiger partial charge in [-0.25, -0.2) is 18.6 Å². The Morgan fingerprint density at radius 2 is 1.57 bits per heavy atom. The van der Waals surface area contributed by atoms with Crippen LogP contribution in [-0.2, 0) is 21.3 Å². The number of carbonyl (C=O) groups is 2. The maximum Gasteiger partial charge on any atom is 0.337 e. The number of esters is 1. The molecule has 8 nitrogen and oxygen atoms in total. The van der Waals surface area contributed by atoms with E-state index in [1.54, 1.807) is 54.6 Å². The van der Waals surface area contributed by atoms with E-state index in [1.165, 1.54) is 23.9 Å². The minimum atomic E-state index is -3.51. The lowest BCUT2D eigenvalue weighted by Crippen LogP contribution is -2.29. The van der Waals surface area contributed by atoms with Gasteiger partial charge in [-0.15, -0.1) is 0 Å². The quantitative estimate of drug-likeness (QED) is 0.292. The Bertz CT molecular complexity index is 1350. The SMILES string of the molecule is COC(=O)c1ccc(/C=N/NC(=O)c2ccc(CN(c3ccc(C)c(C)c3)S(C)(=O)=O)cc2)cc1. The fraction of sp³-hybridized carbons (Fsp3) is 0.192. The minimum absolute atomic E-state index is 0.142. The van der Waals surface area contributed by atoms with Gasteiger partial charge < -0.3 is 4.74 Å². The van der Waals surface area contributed by atoms with Crippen molar-refractivity contribution in [2.75, 3.05) is 17.7 Å². The first-order valence-corrected chi connectivity index (χ1v) is 12.6. The Morgan fingerprint density at radius 1 is 0.943 bits per heavy atom. The number of hydrogen-bond acceptors (Lipinski definition) is 6. The molecule has 182 valence electrons. The monoisotopic (exact) mass is 493 g/mol. The van der Waals surface area contributed by atoms with E-state index in [2.05, 4.69) is 15.3 Å². The summed E-state index contributed by atoms with van der Waals surface area (Å²) in [7, 11) is -2.20. The lowest BCUT2D eigenvalue weighted by Gasteiger charge is -2.23. The summed E-state index contributed by atoms with van der Waals surface area (Å²) in [6, 6.07) is 18.7. The molecular formula is C26H27N3O5S. The Hall–Kier alpha value is -3.98. The molecule has 0 saturated carbocycles. The lowest BCUT2D eigenvalue weighted by atomic mass is 10.1. The average Bonchev–Trinajstić information content (AvgIpc) is 2.84. The molecular weight excluding hydrogens is 466 g/mol. The van der Waals surface area contributed by atoms with Crippen molar-refractivity contribution in [3.05, 3.63) is 100 Å². The van der Waals surface area contributed by atoms with Crippen LogP contribution in [0.4, 0.5) is 5.69 Å². The summed E-state index contributed by atoms with van der Waals surface area (Å²) in [4.78, 5) is 23.9. The normalized spacial score (nSPS) is 11.3. The van der Waals surface area contributed by atoms with Crippen LogP contribution in [0.25, 0.3) is 0 Å². The number of hydrazone groups is 1. The van der Waals surface area contributed by atoms with Gasteiger partial charge in [0.1, 0.15) is 0 Å². The summed E-state index contributed by atoms with van der Waals surface area (Å²) in [5.74, 6) is -0.841. The van der Waals surface area contributed by atoms with E-state index in [0.29, 0.717) is 22.4 Å². The summed E-state index contributed by atoms with van der Waals surface area (Å²) in [5.41, 5.74) is 7.35. The maximum absolute atomic E-state index is 12.4. The molecule has 0 saturated heterocycles. The summed E-state index contributed by atoms with van der Waals surface area (Å²) in [6.07, 6.45) is 2.63. The summed E-state index contributed by atoms with van der Waals surface area (Å²) < 4.78 is 30.9. The Morgan fingerprint density at radius 3 is 2.14 bits per heavy atom. The zero-order valence-corrected chi connectivity index (χ0v) is 20.8. The number of sulfonamides is 1. The maximum atomic E-state index is 12.4. The number of ether oxygens (including phenoxy) is 1. The molecule has 0 aromatic heterocycles. The van der Waals surface area contributed by atoms with E-state index in [9.17, 15) is 18.0 Å². The molecule has 1 amide bonds. The van der Waals surface area contributed by atoms with Crippen LogP contribution < -0.4 is 9.73 Å². The van der Waals surface area contributed by atoms with Crippen LogP contribution in [-0.4, -0.2) is 39.9 Å². The number of aryl methyl sites for hydroxylation is 2. The first kappa shape index (κ1) is 25.6. The molecule has 0 unspecified atom stereocenters. The van der Waals surface area contributed by atoms with E-state index in [1.807, 2.05) is 26.0 Å². The molecule has 9 heteroatoms. The predicted molar refractivity (Wildman–Crippen MR) is 136 cm³/mol. The second kappa shape index (κ2) is 11.0. The van der Waals surface area contributed by atoms with Crippen molar-refractivity contribution in [3.63, 3.8) is 0 Å². The molecule has 0 bridgehead atoms. The third-order valence-corrected chi connectivity index (χ3v) is 6.57. The summed E-state index contributed by atoms with van der Waals surface area (Å²) >= 11 is 0. The highest BCUT2D eigenvalue weighted by Gasteiger charge is 2.18. The van der Waals surface area contributed by atoms with Crippen molar-refractivity contribution >= 4 is 33.8 Å². The molecule has 0 aliphatic carbocycles. The molecule has 0 heterocycles. The molecule has 3 aromatic rings. The van der Waals surface area contributed by atoms with Gasteiger partial charge >= 0.3 is 5.97 Å². The molecule has 0 fully saturated rings. The summed E-state index contributed by atoms with van der Waals surface area (Å²) in [5, 5.41) is 3.94. The first-order valence-electron chi connectivity index (χ1n) is 10.7. The third-order valence-electron chi connectivity index (χ3n) is 5.43. The van der Waals surface area contributed by atoms with Crippen molar-refractivity contribution in [2.45, 2.75) is 20.4 Å². The number of nitrogens with zero attached hydrogens (tertiary/aromatic N) is 2. The van der Waals surface area contributed by atoms with Crippen LogP contribution in [0.1, 0.15) is 43.0 Å². The topological polar surface area (TPSA) is 105 Å². The fourth-order valence-electron chi connectivity index (χ4n) is 3.26. The Kier molecular flexibility index (Phi) is 8.03. The molecule has 0 spiro atoms. The van der Waals surface area contributed by atoms with Crippen molar-refractivity contribution in [2.24, 2.45) is 5.10 Å². The highest BCUT2D eigenvalue weighted by Crippen LogP contribution is 2.23. The molecule has 1 N–H and O–H groups in total. The van der Waals surface area contributed by atoms with Gasteiger partial charge in [-0.1, -0.05) is 30.3 Å². The Labute approximate surface area is 205 Å². The highest BCUT2D eigenvalue weighted by molar-refractivity contribution is 7.92.